The average molecular weight is 364 g/mol. The van der Waals surface area contributed by atoms with Crippen LogP contribution >= 0.6 is 0 Å². The van der Waals surface area contributed by atoms with Crippen LogP contribution in [-0.2, 0) is 10.0 Å². The zero-order valence-electron chi connectivity index (χ0n) is 14.1. The molecule has 0 aliphatic carbocycles. The first-order valence-electron chi connectivity index (χ1n) is 8.08. The number of nitrogens with one attached hydrogen (secondary N) is 1. The molecule has 0 saturated carbocycles. The Balaban J connectivity index is 1.77. The standard InChI is InChI=1S/C16H20N4O4S/c1-3-25(23,24)19-9-12(10-19)8-17-14-7-11(2)18-16-13(14)5-4-6-15(16)20(21)22/h4-7,12H,3,8-10H2,1-2H3,(H,17,18). The number of hydrogen-bond acceptors (Lipinski definition) is 6. The van der Waals surface area contributed by atoms with Gasteiger partial charge in [0.15, 0.2) is 5.52 Å². The smallest absolute Gasteiger partial charge is 0.295 e. The Morgan fingerprint density at radius 1 is 1.40 bits per heavy atom. The minimum Gasteiger partial charge on any atom is -0.384 e. The summed E-state index contributed by atoms with van der Waals surface area (Å²) in [6.07, 6.45) is 0. The van der Waals surface area contributed by atoms with Crippen molar-refractivity contribution in [3.05, 3.63) is 40.1 Å². The van der Waals surface area contributed by atoms with Crippen molar-refractivity contribution in [2.45, 2.75) is 13.8 Å². The lowest BCUT2D eigenvalue weighted by Crippen LogP contribution is -2.52. The highest BCUT2D eigenvalue weighted by atomic mass is 32.2. The third-order valence-corrected chi connectivity index (χ3v) is 6.22. The molecule has 0 spiro atoms. The van der Waals surface area contributed by atoms with Crippen molar-refractivity contribution in [1.29, 1.82) is 0 Å². The van der Waals surface area contributed by atoms with Crippen LogP contribution in [0.15, 0.2) is 24.3 Å². The zero-order chi connectivity index (χ0) is 18.2. The fourth-order valence-corrected chi connectivity index (χ4v) is 4.21. The Kier molecular flexibility index (Phi) is 4.61. The second-order valence-electron chi connectivity index (χ2n) is 6.21. The van der Waals surface area contributed by atoms with Gasteiger partial charge in [0.05, 0.1) is 10.7 Å². The van der Waals surface area contributed by atoms with E-state index in [4.69, 9.17) is 0 Å². The molecule has 0 amide bonds. The van der Waals surface area contributed by atoms with Gasteiger partial charge in [0.2, 0.25) is 10.0 Å². The van der Waals surface area contributed by atoms with Gasteiger partial charge in [0.1, 0.15) is 0 Å². The lowest BCUT2D eigenvalue weighted by atomic mass is 10.0. The third-order valence-electron chi connectivity index (χ3n) is 4.41. The third kappa shape index (κ3) is 3.42. The molecule has 1 aliphatic rings. The number of aromatic nitrogens is 1. The molecule has 2 heterocycles. The van der Waals surface area contributed by atoms with Gasteiger partial charge in [0, 0.05) is 48.4 Å². The number of fused-ring (bicyclic) bond motifs is 1. The van der Waals surface area contributed by atoms with Crippen LogP contribution in [-0.4, -0.2) is 48.0 Å². The second-order valence-corrected chi connectivity index (χ2v) is 8.46. The minimum absolute atomic E-state index is 0.0203. The Hall–Kier alpha value is -2.26. The number of rotatable bonds is 6. The summed E-state index contributed by atoms with van der Waals surface area (Å²) in [5.74, 6) is 0.342. The van der Waals surface area contributed by atoms with Gasteiger partial charge in [-0.15, -0.1) is 0 Å². The molecule has 1 aromatic carbocycles. The number of anilines is 1. The number of para-hydroxylation sites is 1. The topological polar surface area (TPSA) is 105 Å². The van der Waals surface area contributed by atoms with Crippen LogP contribution in [0, 0.1) is 23.0 Å². The van der Waals surface area contributed by atoms with Crippen LogP contribution in [0.3, 0.4) is 0 Å². The molecule has 9 heteroatoms. The lowest BCUT2D eigenvalue weighted by molar-refractivity contribution is -0.383. The summed E-state index contributed by atoms with van der Waals surface area (Å²) >= 11 is 0. The summed E-state index contributed by atoms with van der Waals surface area (Å²) in [7, 11) is -3.11. The summed E-state index contributed by atoms with van der Waals surface area (Å²) in [5.41, 5.74) is 1.81. The van der Waals surface area contributed by atoms with E-state index in [1.165, 1.54) is 10.4 Å². The molecule has 0 radical (unpaired) electrons. The van der Waals surface area contributed by atoms with Crippen LogP contribution in [0.4, 0.5) is 11.4 Å². The van der Waals surface area contributed by atoms with E-state index in [0.29, 0.717) is 36.2 Å². The SMILES string of the molecule is CCS(=O)(=O)N1CC(CNc2cc(C)nc3c([N+](=O)[O-])cccc23)C1. The van der Waals surface area contributed by atoms with Gasteiger partial charge >= 0.3 is 0 Å². The number of nitrogens with zero attached hydrogens (tertiary/aromatic N) is 3. The predicted molar refractivity (Wildman–Crippen MR) is 96.1 cm³/mol. The molecule has 0 atom stereocenters. The van der Waals surface area contributed by atoms with E-state index in [1.807, 2.05) is 6.07 Å². The quantitative estimate of drug-likeness (QED) is 0.622. The first-order chi connectivity index (χ1) is 11.8. The number of benzene rings is 1. The highest BCUT2D eigenvalue weighted by Crippen LogP contribution is 2.30. The highest BCUT2D eigenvalue weighted by molar-refractivity contribution is 7.89. The molecule has 1 fully saturated rings. The second kappa shape index (κ2) is 6.57. The minimum atomic E-state index is -3.11. The normalized spacial score (nSPS) is 15.9. The van der Waals surface area contributed by atoms with E-state index in [9.17, 15) is 18.5 Å². The first kappa shape index (κ1) is 17.6. The molecule has 1 saturated heterocycles. The summed E-state index contributed by atoms with van der Waals surface area (Å²) in [6.45, 7) is 5.05. The van der Waals surface area contributed by atoms with E-state index in [1.54, 1.807) is 26.0 Å². The maximum atomic E-state index is 11.8. The van der Waals surface area contributed by atoms with Crippen molar-refractivity contribution in [1.82, 2.24) is 9.29 Å². The monoisotopic (exact) mass is 364 g/mol. The Labute approximate surface area is 146 Å². The molecule has 8 nitrogen and oxygen atoms in total. The van der Waals surface area contributed by atoms with E-state index >= 15 is 0 Å². The Morgan fingerprint density at radius 2 is 2.12 bits per heavy atom. The van der Waals surface area contributed by atoms with Crippen LogP contribution in [0.1, 0.15) is 12.6 Å². The number of hydrogen-bond donors (Lipinski definition) is 1. The number of nitro groups is 1. The van der Waals surface area contributed by atoms with Crippen molar-refractivity contribution in [3.8, 4) is 0 Å². The number of aryl methyl sites for hydroxylation is 1. The van der Waals surface area contributed by atoms with Crippen LogP contribution in [0.25, 0.3) is 10.9 Å². The lowest BCUT2D eigenvalue weighted by Gasteiger charge is -2.38. The van der Waals surface area contributed by atoms with Gasteiger partial charge in [-0.05, 0) is 19.9 Å². The van der Waals surface area contributed by atoms with E-state index in [0.717, 1.165) is 5.69 Å². The van der Waals surface area contributed by atoms with Gasteiger partial charge in [-0.25, -0.2) is 17.7 Å². The van der Waals surface area contributed by atoms with E-state index in [2.05, 4.69) is 10.3 Å². The largest absolute Gasteiger partial charge is 0.384 e. The van der Waals surface area contributed by atoms with Crippen molar-refractivity contribution in [2.24, 2.45) is 5.92 Å². The van der Waals surface area contributed by atoms with Crippen LogP contribution < -0.4 is 5.32 Å². The van der Waals surface area contributed by atoms with Gasteiger partial charge in [-0.1, -0.05) is 12.1 Å². The van der Waals surface area contributed by atoms with Crippen molar-refractivity contribution < 1.29 is 13.3 Å². The van der Waals surface area contributed by atoms with Crippen LogP contribution in [0.2, 0.25) is 0 Å². The number of non-ortho nitro benzene ring substituents is 1. The molecular weight excluding hydrogens is 344 g/mol. The molecule has 0 unspecified atom stereocenters. The fraction of sp³-hybridized carbons (Fsp3) is 0.438. The molecule has 25 heavy (non-hydrogen) atoms. The van der Waals surface area contributed by atoms with Gasteiger partial charge in [0.25, 0.3) is 5.69 Å². The molecule has 1 aromatic heterocycles. The summed E-state index contributed by atoms with van der Waals surface area (Å²) in [6, 6.07) is 6.73. The van der Waals surface area contributed by atoms with Gasteiger partial charge in [-0.2, -0.15) is 0 Å². The van der Waals surface area contributed by atoms with Gasteiger partial charge in [-0.3, -0.25) is 10.1 Å². The molecule has 1 aliphatic heterocycles. The number of nitro benzene ring substituents is 1. The summed E-state index contributed by atoms with van der Waals surface area (Å²) in [5, 5.41) is 15.2. The van der Waals surface area contributed by atoms with Gasteiger partial charge < -0.3 is 5.32 Å². The van der Waals surface area contributed by atoms with Crippen molar-refractivity contribution in [2.75, 3.05) is 30.7 Å². The number of sulfonamides is 1. The van der Waals surface area contributed by atoms with Crippen molar-refractivity contribution >= 4 is 32.3 Å². The Bertz CT molecular complexity index is 923. The fourth-order valence-electron chi connectivity index (χ4n) is 2.97. The first-order valence-corrected chi connectivity index (χ1v) is 9.69. The molecule has 0 bridgehead atoms. The molecule has 2 aromatic rings. The Morgan fingerprint density at radius 3 is 2.76 bits per heavy atom. The highest BCUT2D eigenvalue weighted by Gasteiger charge is 2.34. The van der Waals surface area contributed by atoms with Crippen LogP contribution in [0.5, 0.6) is 0 Å². The maximum absolute atomic E-state index is 11.8. The summed E-state index contributed by atoms with van der Waals surface area (Å²) in [4.78, 5) is 15.1. The maximum Gasteiger partial charge on any atom is 0.295 e. The molecular formula is C16H20N4O4S. The summed E-state index contributed by atoms with van der Waals surface area (Å²) < 4.78 is 25.0. The van der Waals surface area contributed by atoms with E-state index in [-0.39, 0.29) is 17.4 Å². The molecule has 134 valence electrons. The van der Waals surface area contributed by atoms with Crippen molar-refractivity contribution in [3.63, 3.8) is 0 Å². The van der Waals surface area contributed by atoms with E-state index < -0.39 is 14.9 Å². The molecule has 3 rings (SSSR count). The molecule has 1 N–H and O–H groups in total. The number of pyridine rings is 1. The average Bonchev–Trinajstić information content (AvgIpc) is 2.52. The predicted octanol–water partition coefficient (Wildman–Crippen LogP) is 2.14. The zero-order valence-corrected chi connectivity index (χ0v) is 14.9.